The van der Waals surface area contributed by atoms with Gasteiger partial charge in [-0.3, -0.25) is 0 Å². The van der Waals surface area contributed by atoms with E-state index < -0.39 is 6.10 Å². The molecule has 0 radical (unpaired) electrons. The molecule has 0 aromatic heterocycles. The third-order valence-electron chi connectivity index (χ3n) is 4.29. The Morgan fingerprint density at radius 3 is 2.50 bits per heavy atom. The van der Waals surface area contributed by atoms with E-state index >= 15 is 0 Å². The number of hydrogen-bond acceptors (Lipinski definition) is 3. The first-order valence-electron chi connectivity index (χ1n) is 8.30. The van der Waals surface area contributed by atoms with Crippen molar-refractivity contribution in [2.75, 3.05) is 24.5 Å². The molecule has 1 saturated heterocycles. The molecule has 3 N–H and O–H groups in total. The SMILES string of the molecule is O=C(NCC(O)c1ccccc1)NC1CCN(c2ccccc2)C1. The molecule has 3 rings (SSSR count). The molecule has 5 heteroatoms. The lowest BCUT2D eigenvalue weighted by Crippen LogP contribution is -2.44. The number of carbonyl (C=O) groups excluding carboxylic acids is 1. The van der Waals surface area contributed by atoms with E-state index in [4.69, 9.17) is 0 Å². The summed E-state index contributed by atoms with van der Waals surface area (Å²) in [6.07, 6.45) is 0.227. The molecule has 1 fully saturated rings. The van der Waals surface area contributed by atoms with Crippen molar-refractivity contribution in [2.24, 2.45) is 0 Å². The Labute approximate surface area is 142 Å². The van der Waals surface area contributed by atoms with Gasteiger partial charge in [0.2, 0.25) is 0 Å². The van der Waals surface area contributed by atoms with Crippen LogP contribution in [0.1, 0.15) is 18.1 Å². The van der Waals surface area contributed by atoms with Crippen LogP contribution in [-0.4, -0.2) is 36.8 Å². The van der Waals surface area contributed by atoms with Gasteiger partial charge >= 0.3 is 6.03 Å². The van der Waals surface area contributed by atoms with Gasteiger partial charge in [0, 0.05) is 31.4 Å². The van der Waals surface area contributed by atoms with Crippen molar-refractivity contribution in [3.05, 3.63) is 66.2 Å². The molecule has 2 unspecified atom stereocenters. The van der Waals surface area contributed by atoms with Crippen LogP contribution in [0.4, 0.5) is 10.5 Å². The van der Waals surface area contributed by atoms with E-state index in [1.165, 1.54) is 5.69 Å². The quantitative estimate of drug-likeness (QED) is 0.790. The van der Waals surface area contributed by atoms with Crippen LogP contribution in [0.15, 0.2) is 60.7 Å². The van der Waals surface area contributed by atoms with Crippen molar-refractivity contribution in [1.82, 2.24) is 10.6 Å². The van der Waals surface area contributed by atoms with Gasteiger partial charge in [0.1, 0.15) is 0 Å². The summed E-state index contributed by atoms with van der Waals surface area (Å²) in [5.74, 6) is 0. The number of aliphatic hydroxyl groups excluding tert-OH is 1. The minimum atomic E-state index is -0.693. The Hall–Kier alpha value is -2.53. The monoisotopic (exact) mass is 325 g/mol. The molecule has 24 heavy (non-hydrogen) atoms. The van der Waals surface area contributed by atoms with E-state index in [2.05, 4.69) is 27.7 Å². The summed E-state index contributed by atoms with van der Waals surface area (Å²) in [4.78, 5) is 14.3. The number of anilines is 1. The van der Waals surface area contributed by atoms with Crippen molar-refractivity contribution in [3.8, 4) is 0 Å². The van der Waals surface area contributed by atoms with E-state index in [0.29, 0.717) is 0 Å². The largest absolute Gasteiger partial charge is 0.387 e. The van der Waals surface area contributed by atoms with Crippen molar-refractivity contribution in [2.45, 2.75) is 18.6 Å². The lowest BCUT2D eigenvalue weighted by atomic mass is 10.1. The zero-order valence-electron chi connectivity index (χ0n) is 13.6. The molecule has 1 aliphatic rings. The van der Waals surface area contributed by atoms with Crippen LogP contribution in [0.25, 0.3) is 0 Å². The van der Waals surface area contributed by atoms with Crippen LogP contribution in [0.3, 0.4) is 0 Å². The fourth-order valence-corrected chi connectivity index (χ4v) is 2.97. The third-order valence-corrected chi connectivity index (χ3v) is 4.29. The van der Waals surface area contributed by atoms with E-state index in [1.807, 2.05) is 48.5 Å². The van der Waals surface area contributed by atoms with Gasteiger partial charge < -0.3 is 20.6 Å². The van der Waals surface area contributed by atoms with E-state index in [-0.39, 0.29) is 18.6 Å². The second kappa shape index (κ2) is 7.84. The molecule has 2 aromatic carbocycles. The predicted molar refractivity (Wildman–Crippen MR) is 95.0 cm³/mol. The molecular weight excluding hydrogens is 302 g/mol. The van der Waals surface area contributed by atoms with Crippen LogP contribution >= 0.6 is 0 Å². The zero-order valence-corrected chi connectivity index (χ0v) is 13.6. The van der Waals surface area contributed by atoms with Crippen LogP contribution in [0.5, 0.6) is 0 Å². The molecule has 0 aliphatic carbocycles. The molecule has 126 valence electrons. The maximum absolute atomic E-state index is 12.0. The first kappa shape index (κ1) is 16.3. The summed E-state index contributed by atoms with van der Waals surface area (Å²) < 4.78 is 0. The van der Waals surface area contributed by atoms with Gasteiger partial charge in [-0.25, -0.2) is 4.79 Å². The van der Waals surface area contributed by atoms with Crippen LogP contribution in [-0.2, 0) is 0 Å². The topological polar surface area (TPSA) is 64.6 Å². The van der Waals surface area contributed by atoms with Crippen molar-refractivity contribution in [3.63, 3.8) is 0 Å². The molecule has 0 spiro atoms. The van der Waals surface area contributed by atoms with Gasteiger partial charge in [-0.05, 0) is 24.1 Å². The van der Waals surface area contributed by atoms with E-state index in [1.54, 1.807) is 0 Å². The average molecular weight is 325 g/mol. The van der Waals surface area contributed by atoms with Crippen molar-refractivity contribution < 1.29 is 9.90 Å². The first-order chi connectivity index (χ1) is 11.7. The number of nitrogens with one attached hydrogen (secondary N) is 2. The summed E-state index contributed by atoms with van der Waals surface area (Å²) in [5.41, 5.74) is 1.98. The minimum Gasteiger partial charge on any atom is -0.387 e. The van der Waals surface area contributed by atoms with Crippen LogP contribution < -0.4 is 15.5 Å². The smallest absolute Gasteiger partial charge is 0.315 e. The summed E-state index contributed by atoms with van der Waals surface area (Å²) in [6, 6.07) is 19.4. The number of nitrogens with zero attached hydrogens (tertiary/aromatic N) is 1. The molecule has 2 aromatic rings. The van der Waals surface area contributed by atoms with Gasteiger partial charge in [-0.2, -0.15) is 0 Å². The normalized spacial score (nSPS) is 18.2. The summed E-state index contributed by atoms with van der Waals surface area (Å²) in [7, 11) is 0. The number of rotatable bonds is 5. The Balaban J connectivity index is 1.43. The molecular formula is C19H23N3O2. The molecule has 2 amide bonds. The lowest BCUT2D eigenvalue weighted by molar-refractivity contribution is 0.172. The molecule has 2 atom stereocenters. The van der Waals surface area contributed by atoms with Gasteiger partial charge in [-0.1, -0.05) is 48.5 Å². The van der Waals surface area contributed by atoms with E-state index in [0.717, 1.165) is 25.1 Å². The highest BCUT2D eigenvalue weighted by atomic mass is 16.3. The maximum Gasteiger partial charge on any atom is 0.315 e. The Kier molecular flexibility index (Phi) is 5.33. The van der Waals surface area contributed by atoms with Gasteiger partial charge in [-0.15, -0.1) is 0 Å². The van der Waals surface area contributed by atoms with Crippen molar-refractivity contribution in [1.29, 1.82) is 0 Å². The lowest BCUT2D eigenvalue weighted by Gasteiger charge is -2.19. The highest BCUT2D eigenvalue weighted by Crippen LogP contribution is 2.19. The average Bonchev–Trinajstić information content (AvgIpc) is 3.09. The van der Waals surface area contributed by atoms with Gasteiger partial charge in [0.15, 0.2) is 0 Å². The molecule has 1 aliphatic heterocycles. The Morgan fingerprint density at radius 1 is 1.12 bits per heavy atom. The maximum atomic E-state index is 12.0. The van der Waals surface area contributed by atoms with Crippen LogP contribution in [0.2, 0.25) is 0 Å². The zero-order chi connectivity index (χ0) is 16.8. The molecule has 1 heterocycles. The number of hydrogen-bond donors (Lipinski definition) is 3. The standard InChI is InChI=1S/C19H23N3O2/c23-18(15-7-3-1-4-8-15)13-20-19(24)21-16-11-12-22(14-16)17-9-5-2-6-10-17/h1-10,16,18,23H,11-14H2,(H2,20,21,24). The number of aliphatic hydroxyl groups is 1. The Bertz CT molecular complexity index is 648. The molecule has 5 nitrogen and oxygen atoms in total. The summed E-state index contributed by atoms with van der Waals surface area (Å²) in [5, 5.41) is 15.8. The highest BCUT2D eigenvalue weighted by molar-refractivity contribution is 5.74. The predicted octanol–water partition coefficient (Wildman–Crippen LogP) is 2.30. The third kappa shape index (κ3) is 4.26. The van der Waals surface area contributed by atoms with Crippen LogP contribution in [0, 0.1) is 0 Å². The molecule has 0 bridgehead atoms. The second-order valence-corrected chi connectivity index (χ2v) is 6.05. The number of benzene rings is 2. The number of amides is 2. The highest BCUT2D eigenvalue weighted by Gasteiger charge is 2.24. The fraction of sp³-hybridized carbons (Fsp3) is 0.316. The number of carbonyl (C=O) groups is 1. The van der Waals surface area contributed by atoms with Gasteiger partial charge in [0.05, 0.1) is 6.10 Å². The number of urea groups is 1. The minimum absolute atomic E-state index is 0.124. The summed E-state index contributed by atoms with van der Waals surface area (Å²) >= 11 is 0. The summed E-state index contributed by atoms with van der Waals surface area (Å²) in [6.45, 7) is 1.94. The van der Waals surface area contributed by atoms with E-state index in [9.17, 15) is 9.90 Å². The molecule has 0 saturated carbocycles. The Morgan fingerprint density at radius 2 is 1.79 bits per heavy atom. The second-order valence-electron chi connectivity index (χ2n) is 6.05. The number of para-hydroxylation sites is 1. The first-order valence-corrected chi connectivity index (χ1v) is 8.30. The fourth-order valence-electron chi connectivity index (χ4n) is 2.97. The van der Waals surface area contributed by atoms with Crippen molar-refractivity contribution >= 4 is 11.7 Å². The van der Waals surface area contributed by atoms with Gasteiger partial charge in [0.25, 0.3) is 0 Å².